The third kappa shape index (κ3) is 2.36. The monoisotopic (exact) mass is 287 g/mol. The first-order chi connectivity index (χ1) is 8.19. The smallest absolute Gasteiger partial charge is 0.282 e. The fraction of sp³-hybridized carbons (Fsp3) is 0. The molecule has 0 fully saturated rings. The molecule has 0 spiro atoms. The van der Waals surface area contributed by atoms with Crippen LogP contribution in [-0.2, 0) is 20.2 Å². The number of benzene rings is 2. The van der Waals surface area contributed by atoms with Crippen molar-refractivity contribution >= 4 is 31.0 Å². The van der Waals surface area contributed by atoms with Gasteiger partial charge in [-0.05, 0) is 23.6 Å². The average Bonchev–Trinajstić information content (AvgIpc) is 2.25. The van der Waals surface area contributed by atoms with Gasteiger partial charge in [0.25, 0.3) is 20.2 Å². The largest absolute Gasteiger partial charge is 0.295 e. The van der Waals surface area contributed by atoms with Crippen molar-refractivity contribution in [2.75, 3.05) is 0 Å². The van der Waals surface area contributed by atoms with E-state index in [9.17, 15) is 16.8 Å². The van der Waals surface area contributed by atoms with Gasteiger partial charge in [0, 0.05) is 11.5 Å². The van der Waals surface area contributed by atoms with E-state index in [1.807, 2.05) is 0 Å². The summed E-state index contributed by atoms with van der Waals surface area (Å²) in [4.78, 5) is -0.995. The van der Waals surface area contributed by atoms with E-state index in [0.29, 0.717) is 5.39 Å². The van der Waals surface area contributed by atoms with Gasteiger partial charge < -0.3 is 0 Å². The highest BCUT2D eigenvalue weighted by molar-refractivity contribution is 7.86. The lowest BCUT2D eigenvalue weighted by Crippen LogP contribution is -2.01. The van der Waals surface area contributed by atoms with Crippen molar-refractivity contribution < 1.29 is 25.9 Å². The summed E-state index contributed by atoms with van der Waals surface area (Å²) < 4.78 is 62.1. The van der Waals surface area contributed by atoms with Gasteiger partial charge in [-0.1, -0.05) is 12.1 Å². The summed E-state index contributed by atoms with van der Waals surface area (Å²) in [5.74, 6) is 0. The van der Waals surface area contributed by atoms with Crippen molar-refractivity contribution in [1.82, 2.24) is 0 Å². The Morgan fingerprint density at radius 1 is 1.00 bits per heavy atom. The quantitative estimate of drug-likeness (QED) is 0.801. The zero-order valence-corrected chi connectivity index (χ0v) is 10.4. The Balaban J connectivity index is 2.91. The Morgan fingerprint density at radius 2 is 1.67 bits per heavy atom. The van der Waals surface area contributed by atoms with Crippen molar-refractivity contribution in [1.29, 1.82) is 0 Å². The van der Waals surface area contributed by atoms with E-state index < -0.39 is 30.0 Å². The molecule has 6 nitrogen and oxygen atoms in total. The molecule has 0 atom stereocenters. The van der Waals surface area contributed by atoms with Crippen molar-refractivity contribution in [3.8, 4) is 0 Å². The number of hydrogen-bond acceptors (Lipinski definition) is 4. The molecule has 2 aromatic carbocycles. The first-order valence-electron chi connectivity index (χ1n) is 4.59. The van der Waals surface area contributed by atoms with Gasteiger partial charge in [-0.3, -0.25) is 9.11 Å². The first-order valence-corrected chi connectivity index (χ1v) is 7.47. The SMILES string of the molecule is O=S(=O)(O)c1[c]cc2cccc(S(=O)(=O)O)c2c1. The minimum Gasteiger partial charge on any atom is -0.282 e. The average molecular weight is 287 g/mol. The molecule has 0 unspecified atom stereocenters. The summed E-state index contributed by atoms with van der Waals surface area (Å²) in [6.45, 7) is 0. The Bertz CT molecular complexity index is 821. The first kappa shape index (κ1) is 13.0. The fourth-order valence-electron chi connectivity index (χ4n) is 1.54. The van der Waals surface area contributed by atoms with E-state index in [-0.39, 0.29) is 5.39 Å². The van der Waals surface area contributed by atoms with Crippen molar-refractivity contribution in [2.24, 2.45) is 0 Å². The number of rotatable bonds is 2. The van der Waals surface area contributed by atoms with E-state index in [0.717, 1.165) is 12.1 Å². The molecular formula is C10H7O6S2. The lowest BCUT2D eigenvalue weighted by molar-refractivity contribution is 0.480. The third-order valence-corrected chi connectivity index (χ3v) is 4.00. The summed E-state index contributed by atoms with van der Waals surface area (Å²) >= 11 is 0. The maximum absolute atomic E-state index is 11.1. The van der Waals surface area contributed by atoms with Crippen molar-refractivity contribution in [3.63, 3.8) is 0 Å². The minimum absolute atomic E-state index is 0.00799. The summed E-state index contributed by atoms with van der Waals surface area (Å²) in [5, 5.41) is 0.365. The van der Waals surface area contributed by atoms with Gasteiger partial charge >= 0.3 is 0 Å². The van der Waals surface area contributed by atoms with E-state index >= 15 is 0 Å². The predicted octanol–water partition coefficient (Wildman–Crippen LogP) is 1.13. The summed E-state index contributed by atoms with van der Waals surface area (Å²) in [5.41, 5.74) is 0. The number of hydrogen-bond donors (Lipinski definition) is 2. The molecule has 0 aliphatic carbocycles. The highest BCUT2D eigenvalue weighted by Gasteiger charge is 2.17. The minimum atomic E-state index is -4.49. The molecule has 2 aromatic rings. The lowest BCUT2D eigenvalue weighted by atomic mass is 10.1. The summed E-state index contributed by atoms with van der Waals surface area (Å²) in [7, 11) is -8.97. The van der Waals surface area contributed by atoms with Gasteiger partial charge in [-0.25, -0.2) is 0 Å². The van der Waals surface area contributed by atoms with Crippen LogP contribution in [-0.4, -0.2) is 25.9 Å². The number of fused-ring (bicyclic) bond motifs is 1. The zero-order chi connectivity index (χ0) is 13.6. The van der Waals surface area contributed by atoms with E-state index in [1.165, 1.54) is 18.2 Å². The maximum Gasteiger partial charge on any atom is 0.295 e. The standard InChI is InChI=1S/C10H7O6S2/c11-17(12,13)8-5-4-7-2-1-3-10(9(7)6-8)18(14,15)16/h1-4,6H,(H,11,12,13)(H,14,15,16). The van der Waals surface area contributed by atoms with Crippen LogP contribution < -0.4 is 0 Å². The molecule has 0 aliphatic heterocycles. The van der Waals surface area contributed by atoms with E-state index in [2.05, 4.69) is 6.07 Å². The van der Waals surface area contributed by atoms with Crippen LogP contribution in [0.2, 0.25) is 0 Å². The fourth-order valence-corrected chi connectivity index (χ4v) is 2.72. The highest BCUT2D eigenvalue weighted by atomic mass is 32.2. The van der Waals surface area contributed by atoms with Gasteiger partial charge in [0.15, 0.2) is 0 Å². The van der Waals surface area contributed by atoms with Crippen LogP contribution in [0.25, 0.3) is 10.8 Å². The summed E-state index contributed by atoms with van der Waals surface area (Å²) in [6.07, 6.45) is 0. The second-order valence-electron chi connectivity index (χ2n) is 3.51. The zero-order valence-electron chi connectivity index (χ0n) is 8.73. The van der Waals surface area contributed by atoms with Gasteiger partial charge in [-0.15, -0.1) is 0 Å². The molecule has 8 heteroatoms. The molecule has 95 valence electrons. The van der Waals surface area contributed by atoms with E-state index in [1.54, 1.807) is 0 Å². The van der Waals surface area contributed by atoms with Gasteiger partial charge in [0.1, 0.15) is 9.79 Å². The van der Waals surface area contributed by atoms with Crippen LogP contribution in [0.1, 0.15) is 0 Å². The van der Waals surface area contributed by atoms with Crippen LogP contribution in [0.5, 0.6) is 0 Å². The molecule has 0 aromatic heterocycles. The van der Waals surface area contributed by atoms with Gasteiger partial charge in [0.05, 0.1) is 0 Å². The van der Waals surface area contributed by atoms with Crippen molar-refractivity contribution in [2.45, 2.75) is 9.79 Å². The molecule has 2 rings (SSSR count). The molecular weight excluding hydrogens is 280 g/mol. The predicted molar refractivity (Wildman–Crippen MR) is 62.4 cm³/mol. The Hall–Kier alpha value is -1.48. The van der Waals surface area contributed by atoms with Crippen LogP contribution in [0.3, 0.4) is 0 Å². The molecule has 0 aliphatic rings. The molecule has 0 bridgehead atoms. The van der Waals surface area contributed by atoms with Gasteiger partial charge in [0.2, 0.25) is 0 Å². The van der Waals surface area contributed by atoms with Crippen LogP contribution in [0, 0.1) is 6.07 Å². The van der Waals surface area contributed by atoms with Crippen LogP contribution in [0.4, 0.5) is 0 Å². The molecule has 2 N–H and O–H groups in total. The van der Waals surface area contributed by atoms with Crippen molar-refractivity contribution in [3.05, 3.63) is 36.4 Å². The molecule has 18 heavy (non-hydrogen) atoms. The Morgan fingerprint density at radius 3 is 2.22 bits per heavy atom. The topological polar surface area (TPSA) is 109 Å². The third-order valence-electron chi connectivity index (χ3n) is 2.30. The molecule has 0 heterocycles. The van der Waals surface area contributed by atoms with Gasteiger partial charge in [-0.2, -0.15) is 16.8 Å². The van der Waals surface area contributed by atoms with Crippen LogP contribution >= 0.6 is 0 Å². The Labute approximate surface area is 103 Å². The highest BCUT2D eigenvalue weighted by Crippen LogP contribution is 2.25. The molecule has 1 radical (unpaired) electrons. The molecule has 0 saturated carbocycles. The van der Waals surface area contributed by atoms with E-state index in [4.69, 9.17) is 9.11 Å². The summed E-state index contributed by atoms with van der Waals surface area (Å²) in [6, 6.07) is 8.52. The second-order valence-corrected chi connectivity index (χ2v) is 6.29. The second kappa shape index (κ2) is 4.02. The Kier molecular flexibility index (Phi) is 2.90. The molecule has 0 amide bonds. The normalized spacial score (nSPS) is 12.8. The maximum atomic E-state index is 11.1. The molecule has 0 saturated heterocycles. The lowest BCUT2D eigenvalue weighted by Gasteiger charge is -2.04. The van der Waals surface area contributed by atoms with Crippen LogP contribution in [0.15, 0.2) is 40.1 Å².